The van der Waals surface area contributed by atoms with Gasteiger partial charge in [-0.2, -0.15) is 0 Å². The van der Waals surface area contributed by atoms with Gasteiger partial charge < -0.3 is 15.4 Å². The molecule has 3 rings (SSSR count). The summed E-state index contributed by atoms with van der Waals surface area (Å²) in [5.41, 5.74) is 0. The Bertz CT molecular complexity index is 334. The van der Waals surface area contributed by atoms with Gasteiger partial charge in [0.1, 0.15) is 0 Å². The predicted molar refractivity (Wildman–Crippen MR) is 81.1 cm³/mol. The summed E-state index contributed by atoms with van der Waals surface area (Å²) in [5.74, 6) is 1.44. The second-order valence-electron chi connectivity index (χ2n) is 6.55. The number of piperidine rings is 1. The number of carbonyl (C=O) groups excluding carboxylic acids is 1. The maximum atomic E-state index is 12.1. The standard InChI is InChI=1S/C15H26N2O2.ClH/c1-10(11-4-6-16-7-5-11)8-15(18)17-13-9-12-2-3-14(13)19-12;/h10-14,16H,2-9H2,1H3,(H,17,18);1H/t10?,12-,13-,14+;/m1./s1. The number of rotatable bonds is 4. The van der Waals surface area contributed by atoms with Crippen LogP contribution >= 0.6 is 12.4 Å². The molecule has 3 fully saturated rings. The smallest absolute Gasteiger partial charge is 0.220 e. The van der Waals surface area contributed by atoms with Crippen molar-refractivity contribution in [3.05, 3.63) is 0 Å². The van der Waals surface area contributed by atoms with Crippen molar-refractivity contribution < 1.29 is 9.53 Å². The van der Waals surface area contributed by atoms with Gasteiger partial charge in [0, 0.05) is 6.42 Å². The average Bonchev–Trinajstić information content (AvgIpc) is 3.02. The number of ether oxygens (including phenoxy) is 1. The van der Waals surface area contributed by atoms with Gasteiger partial charge in [-0.1, -0.05) is 6.92 Å². The predicted octanol–water partition coefficient (Wildman–Crippen LogP) is 1.87. The van der Waals surface area contributed by atoms with Crippen LogP contribution in [0.3, 0.4) is 0 Å². The van der Waals surface area contributed by atoms with Crippen LogP contribution in [0.25, 0.3) is 0 Å². The molecule has 5 heteroatoms. The SMILES string of the molecule is CC(CC(=O)N[C@@H]1C[C@H]2CC[C@@H]1O2)C1CCNCC1.Cl. The van der Waals surface area contributed by atoms with Crippen LogP contribution in [-0.4, -0.2) is 37.2 Å². The van der Waals surface area contributed by atoms with Crippen molar-refractivity contribution in [3.8, 4) is 0 Å². The molecule has 3 heterocycles. The molecule has 0 aromatic heterocycles. The zero-order valence-electron chi connectivity index (χ0n) is 12.3. The minimum Gasteiger partial charge on any atom is -0.373 e. The molecule has 2 bridgehead atoms. The maximum absolute atomic E-state index is 12.1. The van der Waals surface area contributed by atoms with E-state index in [1.165, 1.54) is 19.3 Å². The van der Waals surface area contributed by atoms with Gasteiger partial charge in [-0.3, -0.25) is 4.79 Å². The van der Waals surface area contributed by atoms with Crippen LogP contribution in [0.4, 0.5) is 0 Å². The second-order valence-corrected chi connectivity index (χ2v) is 6.55. The third-order valence-electron chi connectivity index (χ3n) is 5.15. The van der Waals surface area contributed by atoms with Crippen molar-refractivity contribution >= 4 is 18.3 Å². The maximum Gasteiger partial charge on any atom is 0.220 e. The lowest BCUT2D eigenvalue weighted by Gasteiger charge is -2.28. The normalized spacial score (nSPS) is 34.5. The molecule has 4 atom stereocenters. The van der Waals surface area contributed by atoms with E-state index >= 15 is 0 Å². The molecule has 20 heavy (non-hydrogen) atoms. The summed E-state index contributed by atoms with van der Waals surface area (Å²) >= 11 is 0. The molecule has 0 radical (unpaired) electrons. The summed E-state index contributed by atoms with van der Waals surface area (Å²) in [6, 6.07) is 0.284. The van der Waals surface area contributed by atoms with E-state index in [0.29, 0.717) is 30.5 Å². The largest absolute Gasteiger partial charge is 0.373 e. The van der Waals surface area contributed by atoms with Crippen LogP contribution in [0.15, 0.2) is 0 Å². The van der Waals surface area contributed by atoms with Crippen LogP contribution < -0.4 is 10.6 Å². The van der Waals surface area contributed by atoms with Crippen molar-refractivity contribution in [2.45, 2.75) is 63.7 Å². The monoisotopic (exact) mass is 302 g/mol. The zero-order chi connectivity index (χ0) is 13.2. The number of halogens is 1. The van der Waals surface area contributed by atoms with Gasteiger partial charge in [0.2, 0.25) is 5.91 Å². The van der Waals surface area contributed by atoms with Crippen molar-refractivity contribution in [2.24, 2.45) is 11.8 Å². The second kappa shape index (κ2) is 7.10. The van der Waals surface area contributed by atoms with E-state index in [2.05, 4.69) is 17.6 Å². The molecule has 0 aromatic rings. The first-order chi connectivity index (χ1) is 9.22. The molecule has 0 saturated carbocycles. The number of hydrogen-bond donors (Lipinski definition) is 2. The fourth-order valence-electron chi connectivity index (χ4n) is 3.93. The Balaban J connectivity index is 0.00000147. The van der Waals surface area contributed by atoms with Crippen molar-refractivity contribution in [1.29, 1.82) is 0 Å². The Morgan fingerprint density at radius 3 is 2.65 bits per heavy atom. The van der Waals surface area contributed by atoms with Crippen LogP contribution in [-0.2, 0) is 9.53 Å². The molecule has 3 saturated heterocycles. The number of fused-ring (bicyclic) bond motifs is 2. The zero-order valence-corrected chi connectivity index (χ0v) is 13.1. The molecular formula is C15H27ClN2O2. The van der Waals surface area contributed by atoms with E-state index in [9.17, 15) is 4.79 Å². The number of amides is 1. The molecule has 1 amide bonds. The van der Waals surface area contributed by atoms with E-state index < -0.39 is 0 Å². The molecule has 3 aliphatic rings. The molecular weight excluding hydrogens is 276 g/mol. The molecule has 0 aromatic carbocycles. The number of hydrogen-bond acceptors (Lipinski definition) is 3. The van der Waals surface area contributed by atoms with Crippen LogP contribution in [0.5, 0.6) is 0 Å². The summed E-state index contributed by atoms with van der Waals surface area (Å²) < 4.78 is 5.78. The van der Waals surface area contributed by atoms with E-state index in [4.69, 9.17) is 4.74 Å². The summed E-state index contributed by atoms with van der Waals surface area (Å²) in [5, 5.41) is 6.58. The van der Waals surface area contributed by atoms with Crippen LogP contribution in [0.1, 0.15) is 45.4 Å². The van der Waals surface area contributed by atoms with Gasteiger partial charge in [-0.25, -0.2) is 0 Å². The first-order valence-electron chi connectivity index (χ1n) is 7.88. The van der Waals surface area contributed by atoms with Gasteiger partial charge in [-0.15, -0.1) is 12.4 Å². The van der Waals surface area contributed by atoms with Crippen LogP contribution in [0.2, 0.25) is 0 Å². The third-order valence-corrected chi connectivity index (χ3v) is 5.15. The van der Waals surface area contributed by atoms with E-state index in [0.717, 1.165) is 25.9 Å². The third kappa shape index (κ3) is 3.66. The van der Waals surface area contributed by atoms with Gasteiger partial charge in [0.05, 0.1) is 18.2 Å². The fraction of sp³-hybridized carbons (Fsp3) is 0.933. The van der Waals surface area contributed by atoms with Crippen molar-refractivity contribution in [1.82, 2.24) is 10.6 Å². The molecule has 0 aliphatic carbocycles. The quantitative estimate of drug-likeness (QED) is 0.833. The molecule has 2 N–H and O–H groups in total. The summed E-state index contributed by atoms with van der Waals surface area (Å²) in [7, 11) is 0. The molecule has 1 unspecified atom stereocenters. The summed E-state index contributed by atoms with van der Waals surface area (Å²) in [6.07, 6.45) is 7.15. The van der Waals surface area contributed by atoms with E-state index in [1.807, 2.05) is 0 Å². The highest BCUT2D eigenvalue weighted by Crippen LogP contribution is 2.34. The minimum atomic E-state index is 0. The number of nitrogens with one attached hydrogen (secondary N) is 2. The Labute approximate surface area is 127 Å². The van der Waals surface area contributed by atoms with Gasteiger partial charge >= 0.3 is 0 Å². The Hall–Kier alpha value is -0.320. The van der Waals surface area contributed by atoms with Crippen LogP contribution in [0, 0.1) is 11.8 Å². The summed E-state index contributed by atoms with van der Waals surface area (Å²) in [4.78, 5) is 12.1. The lowest BCUT2D eigenvalue weighted by atomic mass is 9.84. The number of carbonyl (C=O) groups is 1. The fourth-order valence-corrected chi connectivity index (χ4v) is 3.93. The minimum absolute atomic E-state index is 0. The van der Waals surface area contributed by atoms with Crippen molar-refractivity contribution in [3.63, 3.8) is 0 Å². The molecule has 116 valence electrons. The highest BCUT2D eigenvalue weighted by Gasteiger charge is 2.41. The molecule has 0 spiro atoms. The highest BCUT2D eigenvalue weighted by molar-refractivity contribution is 5.85. The van der Waals surface area contributed by atoms with Crippen molar-refractivity contribution in [2.75, 3.05) is 13.1 Å². The highest BCUT2D eigenvalue weighted by atomic mass is 35.5. The molecule has 4 nitrogen and oxygen atoms in total. The Morgan fingerprint density at radius 1 is 1.30 bits per heavy atom. The molecule has 3 aliphatic heterocycles. The Kier molecular flexibility index (Phi) is 5.70. The van der Waals surface area contributed by atoms with Gasteiger partial charge in [-0.05, 0) is 57.0 Å². The lowest BCUT2D eigenvalue weighted by Crippen LogP contribution is -2.42. The first kappa shape index (κ1) is 16.1. The Morgan fingerprint density at radius 2 is 2.05 bits per heavy atom. The summed E-state index contributed by atoms with van der Waals surface area (Å²) in [6.45, 7) is 4.44. The van der Waals surface area contributed by atoms with Gasteiger partial charge in [0.25, 0.3) is 0 Å². The lowest BCUT2D eigenvalue weighted by molar-refractivity contribution is -0.123. The average molecular weight is 303 g/mol. The van der Waals surface area contributed by atoms with E-state index in [-0.39, 0.29) is 24.4 Å². The first-order valence-corrected chi connectivity index (χ1v) is 7.88. The topological polar surface area (TPSA) is 50.4 Å². The van der Waals surface area contributed by atoms with E-state index in [1.54, 1.807) is 0 Å². The van der Waals surface area contributed by atoms with Gasteiger partial charge in [0.15, 0.2) is 0 Å².